The van der Waals surface area contributed by atoms with Crippen molar-refractivity contribution in [1.29, 1.82) is 0 Å². The number of halogens is 1. The third-order valence-electron chi connectivity index (χ3n) is 3.36. The van der Waals surface area contributed by atoms with Crippen LogP contribution in [-0.4, -0.2) is 10.9 Å². The summed E-state index contributed by atoms with van der Waals surface area (Å²) in [5.74, 6) is 0.784. The highest BCUT2D eigenvalue weighted by atomic mass is 35.5. The van der Waals surface area contributed by atoms with E-state index in [2.05, 4.69) is 22.4 Å². The first-order valence-corrected chi connectivity index (χ1v) is 6.60. The molecule has 2 atom stereocenters. The minimum Gasteiger partial charge on any atom is -0.309 e. The highest BCUT2D eigenvalue weighted by Gasteiger charge is 2.43. The Balaban J connectivity index is 1.66. The number of carbonyl (C=O) groups is 1. The van der Waals surface area contributed by atoms with Gasteiger partial charge in [0, 0.05) is 12.1 Å². The molecule has 0 radical (unpaired) electrons. The predicted octanol–water partition coefficient (Wildman–Crippen LogP) is 3.48. The maximum atomic E-state index is 12.1. The van der Waals surface area contributed by atoms with E-state index in [1.54, 1.807) is 18.3 Å². The van der Waals surface area contributed by atoms with Crippen LogP contribution in [0.4, 0.5) is 5.82 Å². The number of benzene rings is 1. The number of hydrogen-bond donors (Lipinski definition) is 1. The highest BCUT2D eigenvalue weighted by molar-refractivity contribution is 6.33. The molecule has 1 saturated carbocycles. The molecule has 0 saturated heterocycles. The molecule has 1 fully saturated rings. The van der Waals surface area contributed by atoms with Crippen LogP contribution >= 0.6 is 11.6 Å². The summed E-state index contributed by atoms with van der Waals surface area (Å²) in [6.07, 6.45) is 2.50. The fourth-order valence-electron chi connectivity index (χ4n) is 2.24. The molecule has 3 nitrogen and oxygen atoms in total. The fourth-order valence-corrected chi connectivity index (χ4v) is 2.41. The Kier molecular flexibility index (Phi) is 3.22. The van der Waals surface area contributed by atoms with E-state index in [1.165, 1.54) is 5.56 Å². The Morgan fingerprint density at radius 2 is 2.00 bits per heavy atom. The van der Waals surface area contributed by atoms with Crippen LogP contribution < -0.4 is 5.32 Å². The monoisotopic (exact) mass is 272 g/mol. The van der Waals surface area contributed by atoms with Gasteiger partial charge < -0.3 is 5.32 Å². The summed E-state index contributed by atoms with van der Waals surface area (Å²) < 4.78 is 0. The summed E-state index contributed by atoms with van der Waals surface area (Å²) in [4.78, 5) is 16.2. The zero-order valence-corrected chi connectivity index (χ0v) is 11.0. The molecular weight excluding hydrogens is 260 g/mol. The van der Waals surface area contributed by atoms with Crippen LogP contribution in [0.25, 0.3) is 0 Å². The smallest absolute Gasteiger partial charge is 0.229 e. The van der Waals surface area contributed by atoms with Crippen molar-refractivity contribution in [2.75, 3.05) is 5.32 Å². The van der Waals surface area contributed by atoms with Gasteiger partial charge in [-0.05, 0) is 30.0 Å². The maximum absolute atomic E-state index is 12.1. The normalized spacial score (nSPS) is 20.9. The van der Waals surface area contributed by atoms with Crippen LogP contribution in [0.2, 0.25) is 5.02 Å². The number of carbonyl (C=O) groups excluding carboxylic acids is 1. The molecule has 2 aromatic rings. The van der Waals surface area contributed by atoms with Gasteiger partial charge in [-0.1, -0.05) is 41.9 Å². The van der Waals surface area contributed by atoms with Gasteiger partial charge in [0.15, 0.2) is 5.82 Å². The molecule has 0 unspecified atom stereocenters. The molecule has 1 heterocycles. The quantitative estimate of drug-likeness (QED) is 0.929. The van der Waals surface area contributed by atoms with E-state index in [-0.39, 0.29) is 11.8 Å². The summed E-state index contributed by atoms with van der Waals surface area (Å²) in [7, 11) is 0. The number of aromatic nitrogens is 1. The van der Waals surface area contributed by atoms with Crippen LogP contribution in [0.3, 0.4) is 0 Å². The lowest BCUT2D eigenvalue weighted by Crippen LogP contribution is -2.15. The van der Waals surface area contributed by atoms with E-state index in [9.17, 15) is 4.79 Å². The van der Waals surface area contributed by atoms with E-state index in [0.29, 0.717) is 16.8 Å². The molecule has 1 amide bonds. The van der Waals surface area contributed by atoms with E-state index < -0.39 is 0 Å². The van der Waals surface area contributed by atoms with Gasteiger partial charge in [-0.25, -0.2) is 4.98 Å². The van der Waals surface area contributed by atoms with Gasteiger partial charge in [0.1, 0.15) is 0 Å². The number of pyridine rings is 1. The molecule has 4 heteroatoms. The first-order chi connectivity index (χ1) is 9.25. The highest BCUT2D eigenvalue weighted by Crippen LogP contribution is 2.47. The van der Waals surface area contributed by atoms with Gasteiger partial charge in [-0.2, -0.15) is 0 Å². The van der Waals surface area contributed by atoms with Crippen molar-refractivity contribution in [1.82, 2.24) is 4.98 Å². The number of anilines is 1. The number of rotatable bonds is 3. The molecule has 19 heavy (non-hydrogen) atoms. The third-order valence-corrected chi connectivity index (χ3v) is 3.66. The van der Waals surface area contributed by atoms with Crippen LogP contribution in [0.5, 0.6) is 0 Å². The summed E-state index contributed by atoms with van der Waals surface area (Å²) in [5.41, 5.74) is 1.22. The lowest BCUT2D eigenvalue weighted by Gasteiger charge is -2.05. The SMILES string of the molecule is O=C(Nc1ncccc1Cl)[C@H]1C[C@H]1c1ccccc1. The summed E-state index contributed by atoms with van der Waals surface area (Å²) in [6, 6.07) is 13.6. The molecule has 0 bridgehead atoms. The zero-order valence-electron chi connectivity index (χ0n) is 10.2. The van der Waals surface area contributed by atoms with Gasteiger partial charge in [-0.15, -0.1) is 0 Å². The number of nitrogens with one attached hydrogen (secondary N) is 1. The Bertz CT molecular complexity index is 600. The van der Waals surface area contributed by atoms with Crippen LogP contribution in [-0.2, 0) is 4.79 Å². The van der Waals surface area contributed by atoms with E-state index in [1.807, 2.05) is 18.2 Å². The Labute approximate surface area is 116 Å². The third kappa shape index (κ3) is 2.61. The van der Waals surface area contributed by atoms with Gasteiger partial charge in [0.2, 0.25) is 5.91 Å². The number of hydrogen-bond acceptors (Lipinski definition) is 2. The average Bonchev–Trinajstić information content (AvgIpc) is 3.23. The zero-order chi connectivity index (χ0) is 13.2. The second-order valence-corrected chi connectivity index (χ2v) is 5.09. The summed E-state index contributed by atoms with van der Waals surface area (Å²) >= 11 is 5.97. The number of nitrogens with zero attached hydrogens (tertiary/aromatic N) is 1. The standard InChI is InChI=1S/C15H13ClN2O/c16-13-7-4-8-17-14(13)18-15(19)12-9-11(12)10-5-2-1-3-6-10/h1-8,11-12H,9H2,(H,17,18,19)/t11-,12-/m0/s1. The maximum Gasteiger partial charge on any atom is 0.229 e. The predicted molar refractivity (Wildman–Crippen MR) is 75.2 cm³/mol. The van der Waals surface area contributed by atoms with Crippen LogP contribution in [0.15, 0.2) is 48.7 Å². The summed E-state index contributed by atoms with van der Waals surface area (Å²) in [5, 5.41) is 3.26. The molecule has 0 spiro atoms. The molecule has 1 N–H and O–H groups in total. The van der Waals surface area contributed by atoms with Crippen molar-refractivity contribution < 1.29 is 4.79 Å². The van der Waals surface area contributed by atoms with Crippen molar-refractivity contribution >= 4 is 23.3 Å². The lowest BCUT2D eigenvalue weighted by molar-refractivity contribution is -0.117. The van der Waals surface area contributed by atoms with Crippen molar-refractivity contribution in [3.63, 3.8) is 0 Å². The minimum absolute atomic E-state index is 0.00514. The molecule has 1 aliphatic rings. The van der Waals surface area contributed by atoms with Gasteiger partial charge in [0.05, 0.1) is 5.02 Å². The summed E-state index contributed by atoms with van der Waals surface area (Å²) in [6.45, 7) is 0. The van der Waals surface area contributed by atoms with Crippen LogP contribution in [0.1, 0.15) is 17.9 Å². The van der Waals surface area contributed by atoms with Crippen molar-refractivity contribution in [3.05, 3.63) is 59.2 Å². The average molecular weight is 273 g/mol. The van der Waals surface area contributed by atoms with Crippen molar-refractivity contribution in [2.24, 2.45) is 5.92 Å². The van der Waals surface area contributed by atoms with E-state index in [0.717, 1.165) is 6.42 Å². The van der Waals surface area contributed by atoms with E-state index in [4.69, 9.17) is 11.6 Å². The molecular formula is C15H13ClN2O. The Morgan fingerprint density at radius 3 is 2.74 bits per heavy atom. The van der Waals surface area contributed by atoms with Gasteiger partial charge >= 0.3 is 0 Å². The Hall–Kier alpha value is -1.87. The lowest BCUT2D eigenvalue weighted by atomic mass is 10.1. The number of amides is 1. The molecule has 1 aromatic carbocycles. The second-order valence-electron chi connectivity index (χ2n) is 4.68. The second kappa shape index (κ2) is 5.02. The first kappa shape index (κ1) is 12.2. The molecule has 0 aliphatic heterocycles. The fraction of sp³-hybridized carbons (Fsp3) is 0.200. The molecule has 3 rings (SSSR count). The molecule has 96 valence electrons. The van der Waals surface area contributed by atoms with Crippen LogP contribution in [0, 0.1) is 5.92 Å². The first-order valence-electron chi connectivity index (χ1n) is 6.22. The van der Waals surface area contributed by atoms with Crippen molar-refractivity contribution in [2.45, 2.75) is 12.3 Å². The largest absolute Gasteiger partial charge is 0.309 e. The minimum atomic E-state index is -0.00514. The molecule has 1 aromatic heterocycles. The topological polar surface area (TPSA) is 42.0 Å². The van der Waals surface area contributed by atoms with E-state index >= 15 is 0 Å². The van der Waals surface area contributed by atoms with Gasteiger partial charge in [0.25, 0.3) is 0 Å². The molecule has 1 aliphatic carbocycles. The van der Waals surface area contributed by atoms with Gasteiger partial charge in [-0.3, -0.25) is 4.79 Å². The van der Waals surface area contributed by atoms with Crippen molar-refractivity contribution in [3.8, 4) is 0 Å². The Morgan fingerprint density at radius 1 is 1.21 bits per heavy atom.